The number of hydrogen-bond donors (Lipinski definition) is 3. The number of carbonyl (C=O) groups is 2. The molecule has 2 aliphatic rings. The Morgan fingerprint density at radius 2 is 2.06 bits per heavy atom. The molecule has 1 aromatic heterocycles. The number of amides is 2. The Labute approximate surface area is 182 Å². The summed E-state index contributed by atoms with van der Waals surface area (Å²) in [6, 6.07) is 12.2. The van der Waals surface area contributed by atoms with E-state index in [0.717, 1.165) is 42.9 Å². The minimum Gasteiger partial charge on any atom is -0.481 e. The molecular formula is C24H30N4O3. The summed E-state index contributed by atoms with van der Waals surface area (Å²) in [7, 11) is 0. The van der Waals surface area contributed by atoms with E-state index < -0.39 is 5.97 Å². The molecule has 2 aromatic rings. The molecule has 0 spiro atoms. The number of aryl methyl sites for hydroxylation is 1. The minimum absolute atomic E-state index is 0.0789. The molecule has 0 aliphatic carbocycles. The molecule has 1 aromatic carbocycles. The van der Waals surface area contributed by atoms with Crippen molar-refractivity contribution in [3.63, 3.8) is 0 Å². The fourth-order valence-corrected chi connectivity index (χ4v) is 4.52. The molecule has 7 heteroatoms. The average molecular weight is 423 g/mol. The first-order chi connectivity index (χ1) is 15.1. The van der Waals surface area contributed by atoms with E-state index >= 15 is 0 Å². The summed E-state index contributed by atoms with van der Waals surface area (Å²) in [5.74, 6) is 0.367. The topological polar surface area (TPSA) is 94.6 Å². The van der Waals surface area contributed by atoms with Crippen molar-refractivity contribution in [2.24, 2.45) is 0 Å². The molecule has 0 fully saturated rings. The third-order valence-electron chi connectivity index (χ3n) is 6.21. The van der Waals surface area contributed by atoms with Gasteiger partial charge >= 0.3 is 12.0 Å². The van der Waals surface area contributed by atoms with Gasteiger partial charge in [-0.15, -0.1) is 0 Å². The van der Waals surface area contributed by atoms with Gasteiger partial charge in [0.15, 0.2) is 0 Å². The Morgan fingerprint density at radius 1 is 1.19 bits per heavy atom. The van der Waals surface area contributed by atoms with Crippen LogP contribution < -0.4 is 10.6 Å². The molecular weight excluding hydrogens is 392 g/mol. The number of anilines is 1. The highest BCUT2D eigenvalue weighted by atomic mass is 16.4. The molecule has 2 amide bonds. The van der Waals surface area contributed by atoms with Crippen LogP contribution in [0, 0.1) is 0 Å². The summed E-state index contributed by atoms with van der Waals surface area (Å²) in [5.41, 5.74) is 4.51. The third kappa shape index (κ3) is 5.34. The zero-order valence-corrected chi connectivity index (χ0v) is 17.8. The Morgan fingerprint density at radius 3 is 2.94 bits per heavy atom. The van der Waals surface area contributed by atoms with Crippen LogP contribution in [0.1, 0.15) is 54.0 Å². The molecule has 3 heterocycles. The van der Waals surface area contributed by atoms with Crippen molar-refractivity contribution in [2.75, 3.05) is 25.0 Å². The van der Waals surface area contributed by atoms with Crippen LogP contribution in [0.5, 0.6) is 0 Å². The van der Waals surface area contributed by atoms with Crippen LogP contribution in [0.15, 0.2) is 36.4 Å². The summed E-state index contributed by atoms with van der Waals surface area (Å²) >= 11 is 0. The molecule has 0 saturated heterocycles. The van der Waals surface area contributed by atoms with Crippen molar-refractivity contribution < 1.29 is 14.7 Å². The number of aromatic nitrogens is 1. The summed E-state index contributed by atoms with van der Waals surface area (Å²) in [5, 5.41) is 15.5. The van der Waals surface area contributed by atoms with Gasteiger partial charge in [0.05, 0.1) is 0 Å². The van der Waals surface area contributed by atoms with Gasteiger partial charge in [0.25, 0.3) is 0 Å². The first kappa shape index (κ1) is 21.2. The number of rotatable bonds is 6. The van der Waals surface area contributed by atoms with Crippen molar-refractivity contribution in [1.82, 2.24) is 15.2 Å². The van der Waals surface area contributed by atoms with Gasteiger partial charge in [-0.25, -0.2) is 9.78 Å². The van der Waals surface area contributed by atoms with E-state index in [1.807, 2.05) is 29.2 Å². The van der Waals surface area contributed by atoms with E-state index in [9.17, 15) is 9.59 Å². The van der Waals surface area contributed by atoms with Crippen LogP contribution in [0.4, 0.5) is 10.6 Å². The molecule has 1 unspecified atom stereocenters. The highest BCUT2D eigenvalue weighted by Crippen LogP contribution is 2.32. The molecule has 0 radical (unpaired) electrons. The van der Waals surface area contributed by atoms with Gasteiger partial charge in [-0.3, -0.25) is 4.79 Å². The molecule has 7 nitrogen and oxygen atoms in total. The SMILES string of the molecule is O=C(O)CCC1CCN(C(=O)NCCc2ccc3c(n2)NCCC3)Cc2ccccc21. The van der Waals surface area contributed by atoms with Gasteiger partial charge in [0.1, 0.15) is 5.82 Å². The second kappa shape index (κ2) is 9.81. The standard InChI is InChI=1S/C24H30N4O3/c29-22(30)10-8-17-12-15-28(16-19-4-1-2-6-21(17)19)24(31)26-14-11-20-9-7-18-5-3-13-25-23(18)27-20/h1-2,4,6-7,9,17H,3,5,8,10-16H2,(H,25,27)(H,26,31)(H,29,30). The summed E-state index contributed by atoms with van der Waals surface area (Å²) in [6.07, 6.45) is 4.41. The number of aliphatic carboxylic acids is 1. The lowest BCUT2D eigenvalue weighted by Crippen LogP contribution is -2.40. The number of hydrogen-bond acceptors (Lipinski definition) is 4. The van der Waals surface area contributed by atoms with Crippen LogP contribution in [-0.4, -0.2) is 46.6 Å². The van der Waals surface area contributed by atoms with Crippen LogP contribution >= 0.6 is 0 Å². The molecule has 4 rings (SSSR count). The van der Waals surface area contributed by atoms with Crippen molar-refractivity contribution in [2.45, 2.75) is 51.0 Å². The lowest BCUT2D eigenvalue weighted by molar-refractivity contribution is -0.137. The maximum atomic E-state index is 12.8. The Bertz CT molecular complexity index is 946. The molecule has 2 aliphatic heterocycles. The van der Waals surface area contributed by atoms with Gasteiger partial charge in [0, 0.05) is 44.7 Å². The lowest BCUT2D eigenvalue weighted by atomic mass is 9.89. The minimum atomic E-state index is -0.776. The zero-order chi connectivity index (χ0) is 21.6. The molecule has 31 heavy (non-hydrogen) atoms. The summed E-state index contributed by atoms with van der Waals surface area (Å²) < 4.78 is 0. The largest absolute Gasteiger partial charge is 0.481 e. The molecule has 164 valence electrons. The van der Waals surface area contributed by atoms with Crippen molar-refractivity contribution >= 4 is 17.8 Å². The third-order valence-corrected chi connectivity index (χ3v) is 6.21. The second-order valence-electron chi connectivity index (χ2n) is 8.36. The first-order valence-electron chi connectivity index (χ1n) is 11.1. The van der Waals surface area contributed by atoms with Gasteiger partial charge in [-0.2, -0.15) is 0 Å². The number of nitrogens with zero attached hydrogens (tertiary/aromatic N) is 2. The fourth-order valence-electron chi connectivity index (χ4n) is 4.52. The number of urea groups is 1. The summed E-state index contributed by atoms with van der Waals surface area (Å²) in [6.45, 7) is 2.66. The van der Waals surface area contributed by atoms with Crippen molar-refractivity contribution in [1.29, 1.82) is 0 Å². The Kier molecular flexibility index (Phi) is 6.70. The van der Waals surface area contributed by atoms with E-state index in [2.05, 4.69) is 27.8 Å². The van der Waals surface area contributed by atoms with E-state index in [1.54, 1.807) is 0 Å². The van der Waals surface area contributed by atoms with Crippen LogP contribution in [0.2, 0.25) is 0 Å². The summed E-state index contributed by atoms with van der Waals surface area (Å²) in [4.78, 5) is 30.4. The normalized spacial score (nSPS) is 17.7. The number of benzene rings is 1. The van der Waals surface area contributed by atoms with Gasteiger partial charge < -0.3 is 20.6 Å². The number of fused-ring (bicyclic) bond motifs is 2. The van der Waals surface area contributed by atoms with E-state index in [4.69, 9.17) is 5.11 Å². The highest BCUT2D eigenvalue weighted by molar-refractivity contribution is 5.74. The molecule has 0 saturated carbocycles. The number of pyridine rings is 1. The number of nitrogens with one attached hydrogen (secondary N) is 2. The average Bonchev–Trinajstić information content (AvgIpc) is 2.97. The van der Waals surface area contributed by atoms with E-state index in [0.29, 0.717) is 32.5 Å². The highest BCUT2D eigenvalue weighted by Gasteiger charge is 2.25. The number of carboxylic acids is 1. The lowest BCUT2D eigenvalue weighted by Gasteiger charge is -2.22. The molecule has 3 N–H and O–H groups in total. The first-order valence-corrected chi connectivity index (χ1v) is 11.1. The van der Waals surface area contributed by atoms with Crippen LogP contribution in [0.25, 0.3) is 0 Å². The smallest absolute Gasteiger partial charge is 0.317 e. The van der Waals surface area contributed by atoms with Crippen molar-refractivity contribution in [3.05, 3.63) is 58.8 Å². The quantitative estimate of drug-likeness (QED) is 0.662. The molecule has 1 atom stereocenters. The predicted molar refractivity (Wildman–Crippen MR) is 119 cm³/mol. The number of carboxylic acid groups (broad SMARTS) is 1. The predicted octanol–water partition coefficient (Wildman–Crippen LogP) is 3.55. The van der Waals surface area contributed by atoms with E-state index in [-0.39, 0.29) is 18.4 Å². The van der Waals surface area contributed by atoms with Gasteiger partial charge in [-0.1, -0.05) is 30.3 Å². The van der Waals surface area contributed by atoms with Crippen LogP contribution in [-0.2, 0) is 24.2 Å². The maximum absolute atomic E-state index is 12.8. The second-order valence-corrected chi connectivity index (χ2v) is 8.36. The van der Waals surface area contributed by atoms with Gasteiger partial charge in [-0.05, 0) is 54.4 Å². The fraction of sp³-hybridized carbons (Fsp3) is 0.458. The molecule has 0 bridgehead atoms. The van der Waals surface area contributed by atoms with Crippen molar-refractivity contribution in [3.8, 4) is 0 Å². The Hall–Kier alpha value is -3.09. The number of carbonyl (C=O) groups excluding carboxylic acids is 1. The monoisotopic (exact) mass is 422 g/mol. The van der Waals surface area contributed by atoms with Gasteiger partial charge in [0.2, 0.25) is 0 Å². The Balaban J connectivity index is 1.34. The van der Waals surface area contributed by atoms with E-state index in [1.165, 1.54) is 11.1 Å². The maximum Gasteiger partial charge on any atom is 0.317 e. The zero-order valence-electron chi connectivity index (χ0n) is 17.8. The van der Waals surface area contributed by atoms with Crippen LogP contribution in [0.3, 0.4) is 0 Å².